The summed E-state index contributed by atoms with van der Waals surface area (Å²) < 4.78 is 10.4. The van der Waals surface area contributed by atoms with Crippen molar-refractivity contribution in [2.24, 2.45) is 5.92 Å². The zero-order valence-electron chi connectivity index (χ0n) is 14.4. The topological polar surface area (TPSA) is 76.8 Å². The normalized spacial score (nSPS) is 15.4. The van der Waals surface area contributed by atoms with Crippen molar-refractivity contribution in [3.05, 3.63) is 45.8 Å². The molecule has 0 radical (unpaired) electrons. The van der Waals surface area contributed by atoms with Gasteiger partial charge in [0.05, 0.1) is 12.5 Å². The Morgan fingerprint density at radius 1 is 1.28 bits per heavy atom. The third kappa shape index (κ3) is 3.43. The van der Waals surface area contributed by atoms with Crippen LogP contribution in [0.2, 0.25) is 0 Å². The van der Waals surface area contributed by atoms with Crippen molar-refractivity contribution in [2.45, 2.75) is 26.7 Å². The quantitative estimate of drug-likeness (QED) is 0.632. The summed E-state index contributed by atoms with van der Waals surface area (Å²) >= 11 is 0. The van der Waals surface area contributed by atoms with Gasteiger partial charge in [-0.1, -0.05) is 18.2 Å². The summed E-state index contributed by atoms with van der Waals surface area (Å²) in [4.78, 5) is 38.3. The molecule has 2 heterocycles. The molecule has 1 aromatic heterocycles. The van der Waals surface area contributed by atoms with Crippen LogP contribution in [0.1, 0.15) is 35.7 Å². The number of carbonyl (C=O) groups excluding carboxylic acids is 2. The Hall–Kier alpha value is -2.63. The number of hydrogen-bond donors (Lipinski definition) is 0. The summed E-state index contributed by atoms with van der Waals surface area (Å²) in [5, 5.41) is 0.726. The molecule has 0 N–H and O–H groups in total. The third-order valence-electron chi connectivity index (χ3n) is 4.59. The molecule has 0 atom stereocenters. The Labute approximate surface area is 145 Å². The van der Waals surface area contributed by atoms with Gasteiger partial charge in [0, 0.05) is 18.5 Å². The number of ether oxygens (including phenoxy) is 1. The van der Waals surface area contributed by atoms with Crippen LogP contribution in [0.3, 0.4) is 0 Å². The van der Waals surface area contributed by atoms with Crippen LogP contribution < -0.4 is 5.63 Å². The molecule has 0 unspecified atom stereocenters. The minimum atomic E-state index is -0.626. The van der Waals surface area contributed by atoms with Gasteiger partial charge >= 0.3 is 11.6 Å². The van der Waals surface area contributed by atoms with Crippen LogP contribution in [0.25, 0.3) is 11.0 Å². The summed E-state index contributed by atoms with van der Waals surface area (Å²) in [5.74, 6) is -0.741. The van der Waals surface area contributed by atoms with Gasteiger partial charge in [-0.2, -0.15) is 0 Å². The highest BCUT2D eigenvalue weighted by atomic mass is 16.5. The van der Waals surface area contributed by atoms with Crippen LogP contribution in [0, 0.1) is 12.8 Å². The summed E-state index contributed by atoms with van der Waals surface area (Å²) in [6.07, 6.45) is 1.09. The fraction of sp³-hybridized carbons (Fsp3) is 0.421. The van der Waals surface area contributed by atoms with Crippen LogP contribution in [0.15, 0.2) is 33.5 Å². The molecule has 0 bridgehead atoms. The number of hydrogen-bond acceptors (Lipinski definition) is 5. The van der Waals surface area contributed by atoms with Gasteiger partial charge in [0.15, 0.2) is 0 Å². The van der Waals surface area contributed by atoms with Crippen molar-refractivity contribution in [2.75, 3.05) is 19.7 Å². The van der Waals surface area contributed by atoms with Crippen LogP contribution in [-0.2, 0) is 9.53 Å². The average molecular weight is 343 g/mol. The first kappa shape index (κ1) is 17.2. The number of para-hydroxylation sites is 1. The lowest BCUT2D eigenvalue weighted by molar-refractivity contribution is -0.149. The van der Waals surface area contributed by atoms with Crippen molar-refractivity contribution in [1.29, 1.82) is 0 Å². The van der Waals surface area contributed by atoms with Gasteiger partial charge in [0.2, 0.25) is 0 Å². The van der Waals surface area contributed by atoms with Gasteiger partial charge in [-0.05, 0) is 38.3 Å². The third-order valence-corrected chi connectivity index (χ3v) is 4.59. The van der Waals surface area contributed by atoms with Gasteiger partial charge in [-0.15, -0.1) is 0 Å². The van der Waals surface area contributed by atoms with E-state index < -0.39 is 5.63 Å². The number of likely N-dealkylation sites (tertiary alicyclic amines) is 1. The maximum absolute atomic E-state index is 12.7. The molecule has 6 heteroatoms. The number of benzene rings is 1. The molecule has 0 spiro atoms. The van der Waals surface area contributed by atoms with Crippen molar-refractivity contribution in [3.8, 4) is 0 Å². The predicted molar refractivity (Wildman–Crippen MR) is 92.5 cm³/mol. The Morgan fingerprint density at radius 3 is 2.68 bits per heavy atom. The molecule has 132 valence electrons. The molecule has 2 aromatic rings. The molecule has 3 rings (SSSR count). The molecule has 1 fully saturated rings. The molecule has 0 saturated carbocycles. The molecule has 25 heavy (non-hydrogen) atoms. The molecule has 1 saturated heterocycles. The summed E-state index contributed by atoms with van der Waals surface area (Å²) in [6.45, 7) is 4.83. The number of esters is 1. The zero-order chi connectivity index (χ0) is 18.0. The molecule has 0 aliphatic carbocycles. The van der Waals surface area contributed by atoms with Crippen LogP contribution >= 0.6 is 0 Å². The first-order valence-electron chi connectivity index (χ1n) is 8.50. The Kier molecular flexibility index (Phi) is 4.88. The Balaban J connectivity index is 1.78. The number of piperidine rings is 1. The number of fused-ring (bicyclic) bond motifs is 1. The van der Waals surface area contributed by atoms with E-state index in [4.69, 9.17) is 9.15 Å². The van der Waals surface area contributed by atoms with Crippen molar-refractivity contribution < 1.29 is 18.7 Å². The van der Waals surface area contributed by atoms with E-state index in [2.05, 4.69) is 0 Å². The first-order valence-corrected chi connectivity index (χ1v) is 8.50. The Morgan fingerprint density at radius 2 is 2.00 bits per heavy atom. The highest BCUT2D eigenvalue weighted by molar-refractivity contribution is 5.97. The van der Waals surface area contributed by atoms with E-state index in [9.17, 15) is 14.4 Å². The van der Waals surface area contributed by atoms with E-state index in [1.807, 2.05) is 25.1 Å². The largest absolute Gasteiger partial charge is 0.466 e. The molecule has 1 aliphatic heterocycles. The molecule has 1 aromatic carbocycles. The lowest BCUT2D eigenvalue weighted by Gasteiger charge is -2.30. The minimum Gasteiger partial charge on any atom is -0.466 e. The van der Waals surface area contributed by atoms with Crippen LogP contribution in [-0.4, -0.2) is 36.5 Å². The molecular weight excluding hydrogens is 322 g/mol. The van der Waals surface area contributed by atoms with E-state index in [1.165, 1.54) is 0 Å². The van der Waals surface area contributed by atoms with Gasteiger partial charge in [0.1, 0.15) is 11.1 Å². The number of aryl methyl sites for hydroxylation is 1. The lowest BCUT2D eigenvalue weighted by atomic mass is 9.96. The average Bonchev–Trinajstić information content (AvgIpc) is 2.62. The summed E-state index contributed by atoms with van der Waals surface area (Å²) in [6, 6.07) is 7.12. The van der Waals surface area contributed by atoms with E-state index in [-0.39, 0.29) is 23.4 Å². The minimum absolute atomic E-state index is 0.0349. The molecule has 1 aliphatic rings. The number of nitrogens with zero attached hydrogens (tertiary/aromatic N) is 1. The molecule has 6 nitrogen and oxygen atoms in total. The van der Waals surface area contributed by atoms with Gasteiger partial charge in [0.25, 0.3) is 5.91 Å². The van der Waals surface area contributed by atoms with Gasteiger partial charge in [-0.3, -0.25) is 9.59 Å². The smallest absolute Gasteiger partial charge is 0.349 e. The second-order valence-electron chi connectivity index (χ2n) is 6.26. The van der Waals surface area contributed by atoms with Crippen LogP contribution in [0.5, 0.6) is 0 Å². The predicted octanol–water partition coefficient (Wildman–Crippen LogP) is 2.52. The maximum atomic E-state index is 12.7. The van der Waals surface area contributed by atoms with E-state index in [1.54, 1.807) is 17.9 Å². The van der Waals surface area contributed by atoms with E-state index >= 15 is 0 Å². The summed E-state index contributed by atoms with van der Waals surface area (Å²) in [7, 11) is 0. The highest BCUT2D eigenvalue weighted by Gasteiger charge is 2.30. The second-order valence-corrected chi connectivity index (χ2v) is 6.26. The standard InChI is InChI=1S/C19H21NO5/c1-3-24-18(22)13-7-9-20(10-8-13)17(21)15-11-14-6-4-5-12(2)16(14)25-19(15)23/h4-6,11,13H,3,7-10H2,1-2H3. The second kappa shape index (κ2) is 7.09. The van der Waals surface area contributed by atoms with Crippen molar-refractivity contribution in [3.63, 3.8) is 0 Å². The SMILES string of the molecule is CCOC(=O)C1CCN(C(=O)c2cc3cccc(C)c3oc2=O)CC1. The van der Waals surface area contributed by atoms with Gasteiger partial charge < -0.3 is 14.1 Å². The number of amides is 1. The van der Waals surface area contributed by atoms with Crippen molar-refractivity contribution >= 4 is 22.8 Å². The van der Waals surface area contributed by atoms with Crippen LogP contribution in [0.4, 0.5) is 0 Å². The van der Waals surface area contributed by atoms with E-state index in [0.29, 0.717) is 38.1 Å². The van der Waals surface area contributed by atoms with Crippen molar-refractivity contribution in [1.82, 2.24) is 4.90 Å². The highest BCUT2D eigenvalue weighted by Crippen LogP contribution is 2.22. The maximum Gasteiger partial charge on any atom is 0.349 e. The fourth-order valence-electron chi connectivity index (χ4n) is 3.19. The van der Waals surface area contributed by atoms with E-state index in [0.717, 1.165) is 10.9 Å². The number of carbonyl (C=O) groups is 2. The fourth-order valence-corrected chi connectivity index (χ4v) is 3.19. The first-order chi connectivity index (χ1) is 12.0. The summed E-state index contributed by atoms with van der Waals surface area (Å²) in [5.41, 5.74) is 0.765. The molecular formula is C19H21NO5. The molecule has 1 amide bonds. The zero-order valence-corrected chi connectivity index (χ0v) is 14.4. The Bertz CT molecular complexity index is 862. The lowest BCUT2D eigenvalue weighted by Crippen LogP contribution is -2.42. The monoisotopic (exact) mass is 343 g/mol. The van der Waals surface area contributed by atoms with Gasteiger partial charge in [-0.25, -0.2) is 4.79 Å². The number of rotatable bonds is 3.